The van der Waals surface area contributed by atoms with E-state index in [2.05, 4.69) is 72.7 Å². The molecule has 8 heteroatoms. The first-order valence-electron chi connectivity index (χ1n) is 13.4. The minimum atomic E-state index is -0.443. The number of H-pyrrole nitrogens is 1. The number of thioether (sulfide) groups is 1. The second-order valence-corrected chi connectivity index (χ2v) is 12.3. The van der Waals surface area contributed by atoms with Crippen molar-refractivity contribution in [1.82, 2.24) is 9.97 Å². The minimum absolute atomic E-state index is 0.172. The van der Waals surface area contributed by atoms with Crippen molar-refractivity contribution in [2.45, 2.75) is 63.8 Å². The third kappa shape index (κ3) is 5.97. The zero-order valence-corrected chi connectivity index (χ0v) is 24.4. The van der Waals surface area contributed by atoms with E-state index in [1.165, 1.54) is 39.1 Å². The second kappa shape index (κ2) is 11.8. The van der Waals surface area contributed by atoms with Crippen LogP contribution in [0.2, 0.25) is 0 Å². The summed E-state index contributed by atoms with van der Waals surface area (Å²) < 4.78 is 5.34. The average molecular weight is 560 g/mol. The van der Waals surface area contributed by atoms with Gasteiger partial charge in [-0.15, -0.1) is 11.3 Å². The molecule has 1 unspecified atom stereocenters. The lowest BCUT2D eigenvalue weighted by Gasteiger charge is -2.13. The first-order valence-corrected chi connectivity index (χ1v) is 15.1. The molecule has 0 radical (unpaired) electrons. The van der Waals surface area contributed by atoms with Gasteiger partial charge in [0.15, 0.2) is 5.16 Å². The molecule has 0 fully saturated rings. The van der Waals surface area contributed by atoms with Crippen molar-refractivity contribution in [2.24, 2.45) is 0 Å². The summed E-state index contributed by atoms with van der Waals surface area (Å²) in [5, 5.41) is 3.86. The molecule has 5 rings (SSSR count). The lowest BCUT2D eigenvalue weighted by molar-refractivity contribution is -0.115. The van der Waals surface area contributed by atoms with Gasteiger partial charge in [-0.3, -0.25) is 4.79 Å². The number of rotatable bonds is 8. The number of aromatic amines is 1. The van der Waals surface area contributed by atoms with Gasteiger partial charge in [0.05, 0.1) is 28.8 Å². The molecule has 202 valence electrons. The molecule has 1 amide bonds. The normalized spacial score (nSPS) is 13.5. The molecule has 2 aromatic carbocycles. The van der Waals surface area contributed by atoms with E-state index in [-0.39, 0.29) is 11.9 Å². The third-order valence-electron chi connectivity index (χ3n) is 6.89. The number of aromatic nitrogens is 2. The fourth-order valence-electron chi connectivity index (χ4n) is 4.76. The first-order chi connectivity index (χ1) is 18.8. The maximum Gasteiger partial charge on any atom is 0.341 e. The monoisotopic (exact) mass is 559 g/mol. The van der Waals surface area contributed by atoms with E-state index in [9.17, 15) is 9.59 Å². The Morgan fingerprint density at radius 3 is 2.33 bits per heavy atom. The average Bonchev–Trinajstić information content (AvgIpc) is 3.51. The number of hydrogen-bond acceptors (Lipinski definition) is 6. The van der Waals surface area contributed by atoms with Gasteiger partial charge in [-0.2, -0.15) is 0 Å². The molecule has 2 heterocycles. The predicted octanol–water partition coefficient (Wildman–Crippen LogP) is 7.60. The summed E-state index contributed by atoms with van der Waals surface area (Å²) >= 11 is 2.88. The van der Waals surface area contributed by atoms with Gasteiger partial charge in [0.1, 0.15) is 5.00 Å². The Labute approximate surface area is 237 Å². The van der Waals surface area contributed by atoms with Crippen LogP contribution in [0.4, 0.5) is 5.00 Å². The van der Waals surface area contributed by atoms with Crippen molar-refractivity contribution in [3.63, 3.8) is 0 Å². The lowest BCUT2D eigenvalue weighted by atomic mass is 9.95. The molecule has 2 aromatic heterocycles. The number of hydrogen-bond donors (Lipinski definition) is 2. The fourth-order valence-corrected chi connectivity index (χ4v) is 6.85. The van der Waals surface area contributed by atoms with Crippen LogP contribution < -0.4 is 5.32 Å². The van der Waals surface area contributed by atoms with Crippen molar-refractivity contribution in [2.75, 3.05) is 11.9 Å². The number of carbonyl (C=O) groups is 2. The quantitative estimate of drug-likeness (QED) is 0.172. The summed E-state index contributed by atoms with van der Waals surface area (Å²) in [4.78, 5) is 35.7. The molecular formula is C31H33N3O3S2. The van der Waals surface area contributed by atoms with Gasteiger partial charge >= 0.3 is 5.97 Å². The molecule has 1 aliphatic rings. The fraction of sp³-hybridized carbons (Fsp3) is 0.323. The number of esters is 1. The van der Waals surface area contributed by atoms with E-state index in [0.29, 0.717) is 22.3 Å². The number of ether oxygens (including phenoxy) is 1. The minimum Gasteiger partial charge on any atom is -0.462 e. The van der Waals surface area contributed by atoms with Gasteiger partial charge in [-0.1, -0.05) is 71.4 Å². The van der Waals surface area contributed by atoms with Gasteiger partial charge in [0.2, 0.25) is 5.91 Å². The van der Waals surface area contributed by atoms with Gasteiger partial charge in [0, 0.05) is 16.0 Å². The van der Waals surface area contributed by atoms with Crippen LogP contribution in [0.5, 0.6) is 0 Å². The Kier molecular flexibility index (Phi) is 8.23. The summed E-state index contributed by atoms with van der Waals surface area (Å²) in [7, 11) is 0. The van der Waals surface area contributed by atoms with Crippen molar-refractivity contribution < 1.29 is 14.3 Å². The van der Waals surface area contributed by atoms with E-state index in [0.717, 1.165) is 53.8 Å². The van der Waals surface area contributed by atoms with Crippen LogP contribution in [-0.4, -0.2) is 33.7 Å². The van der Waals surface area contributed by atoms with Gasteiger partial charge in [-0.05, 0) is 58.9 Å². The maximum absolute atomic E-state index is 13.3. The Hall–Kier alpha value is -3.36. The first kappa shape index (κ1) is 27.2. The molecule has 0 saturated carbocycles. The van der Waals surface area contributed by atoms with Gasteiger partial charge < -0.3 is 15.0 Å². The Balaban J connectivity index is 1.40. The zero-order chi connectivity index (χ0) is 27.5. The number of nitrogens with one attached hydrogen (secondary N) is 2. The summed E-state index contributed by atoms with van der Waals surface area (Å²) in [6.07, 6.45) is 3.92. The summed E-state index contributed by atoms with van der Waals surface area (Å²) in [5.41, 5.74) is 7.76. The van der Waals surface area contributed by atoms with E-state index in [4.69, 9.17) is 9.72 Å². The number of anilines is 1. The molecule has 0 aliphatic heterocycles. The van der Waals surface area contributed by atoms with Crippen LogP contribution in [0.1, 0.15) is 58.6 Å². The maximum atomic E-state index is 13.3. The van der Waals surface area contributed by atoms with Gasteiger partial charge in [0.25, 0.3) is 0 Å². The number of fused-ring (bicyclic) bond motifs is 1. The smallest absolute Gasteiger partial charge is 0.341 e. The third-order valence-corrected chi connectivity index (χ3v) is 9.08. The Morgan fingerprint density at radius 1 is 1.03 bits per heavy atom. The number of thiophene rings is 1. The highest BCUT2D eigenvalue weighted by Crippen LogP contribution is 2.39. The van der Waals surface area contributed by atoms with E-state index in [1.807, 2.05) is 6.92 Å². The number of carbonyl (C=O) groups excluding carboxylic acids is 2. The number of imidazole rings is 1. The van der Waals surface area contributed by atoms with Crippen molar-refractivity contribution in [1.29, 1.82) is 0 Å². The second-order valence-electron chi connectivity index (χ2n) is 9.88. The van der Waals surface area contributed by atoms with E-state index >= 15 is 0 Å². The van der Waals surface area contributed by atoms with Crippen LogP contribution >= 0.6 is 23.1 Å². The SMILES string of the molecule is CCOC(=O)c1c(NC(=O)C(C)Sc2nc(-c3ccc(C)cc3)c(-c3ccc(C)cc3)[nH]2)sc2c1CCCC2. The van der Waals surface area contributed by atoms with E-state index in [1.54, 1.807) is 6.92 Å². The largest absolute Gasteiger partial charge is 0.462 e. The van der Waals surface area contributed by atoms with Crippen LogP contribution in [0.15, 0.2) is 53.7 Å². The molecule has 4 aromatic rings. The van der Waals surface area contributed by atoms with E-state index < -0.39 is 5.25 Å². The number of benzene rings is 2. The molecule has 0 bridgehead atoms. The molecule has 2 N–H and O–H groups in total. The van der Waals surface area contributed by atoms with Gasteiger partial charge in [-0.25, -0.2) is 9.78 Å². The molecule has 0 saturated heterocycles. The van der Waals surface area contributed by atoms with Crippen LogP contribution in [0.25, 0.3) is 22.5 Å². The molecular weight excluding hydrogens is 526 g/mol. The van der Waals surface area contributed by atoms with Crippen LogP contribution in [-0.2, 0) is 22.4 Å². The zero-order valence-electron chi connectivity index (χ0n) is 22.7. The highest BCUT2D eigenvalue weighted by atomic mass is 32.2. The summed E-state index contributed by atoms with van der Waals surface area (Å²) in [6, 6.07) is 16.6. The number of amides is 1. The molecule has 1 atom stereocenters. The topological polar surface area (TPSA) is 84.1 Å². The molecule has 39 heavy (non-hydrogen) atoms. The van der Waals surface area contributed by atoms with Crippen LogP contribution in [0, 0.1) is 13.8 Å². The summed E-state index contributed by atoms with van der Waals surface area (Å²) in [5.74, 6) is -0.529. The highest BCUT2D eigenvalue weighted by Gasteiger charge is 2.28. The Bertz CT molecular complexity index is 1420. The summed E-state index contributed by atoms with van der Waals surface area (Å²) in [6.45, 7) is 8.09. The molecule has 6 nitrogen and oxygen atoms in total. The lowest BCUT2D eigenvalue weighted by Crippen LogP contribution is -2.23. The number of nitrogens with zero attached hydrogens (tertiary/aromatic N) is 1. The predicted molar refractivity (Wildman–Crippen MR) is 160 cm³/mol. The standard InChI is InChI=1S/C31H33N3O3S2/c1-5-37-30(36)25-23-8-6-7-9-24(23)39-29(25)34-28(35)20(4)38-31-32-26(21-14-10-18(2)11-15-21)27(33-31)22-16-12-19(3)13-17-22/h10-17,20H,5-9H2,1-4H3,(H,32,33)(H,34,35). The molecule has 0 spiro atoms. The molecule has 1 aliphatic carbocycles. The van der Waals surface area contributed by atoms with Crippen molar-refractivity contribution >= 4 is 40.0 Å². The van der Waals surface area contributed by atoms with Crippen molar-refractivity contribution in [3.05, 3.63) is 75.7 Å². The van der Waals surface area contributed by atoms with Crippen LogP contribution in [0.3, 0.4) is 0 Å². The highest BCUT2D eigenvalue weighted by molar-refractivity contribution is 8.00. The number of aryl methyl sites for hydroxylation is 3. The Morgan fingerprint density at radius 2 is 1.67 bits per heavy atom. The van der Waals surface area contributed by atoms with Crippen molar-refractivity contribution in [3.8, 4) is 22.5 Å².